The lowest BCUT2D eigenvalue weighted by Crippen LogP contribution is -2.20. The maximum Gasteiger partial charge on any atom is 0.336 e. The number of aromatic nitrogens is 3. The summed E-state index contributed by atoms with van der Waals surface area (Å²) in [6.07, 6.45) is 5.61. The van der Waals surface area contributed by atoms with Gasteiger partial charge in [-0.2, -0.15) is 5.10 Å². The number of carbonyl (C=O) groups excluding carboxylic acids is 1. The first-order valence-electron chi connectivity index (χ1n) is 12.0. The second-order valence-corrected chi connectivity index (χ2v) is 13.8. The summed E-state index contributed by atoms with van der Waals surface area (Å²) >= 11 is 1.22. The molecule has 1 fully saturated rings. The molecule has 2 heterocycles. The molecule has 2 aromatic heterocycles. The molecule has 1 saturated carbocycles. The molecule has 0 saturated heterocycles. The van der Waals surface area contributed by atoms with Gasteiger partial charge in [0, 0.05) is 23.6 Å². The number of carbonyl (C=O) groups is 1. The number of benzene rings is 1. The first kappa shape index (κ1) is 26.9. The fourth-order valence-electron chi connectivity index (χ4n) is 4.47. The number of nitrogens with zero attached hydrogens (tertiary/aromatic N) is 3. The van der Waals surface area contributed by atoms with Crippen molar-refractivity contribution in [1.29, 1.82) is 0 Å². The van der Waals surface area contributed by atoms with Gasteiger partial charge in [0.1, 0.15) is 5.69 Å². The van der Waals surface area contributed by atoms with Crippen LogP contribution in [0.5, 0.6) is 0 Å². The number of fused-ring (bicyclic) bond motifs is 1. The molecule has 10 nitrogen and oxygen atoms in total. The average molecular weight is 555 g/mol. The largest absolute Gasteiger partial charge is 0.336 e. The van der Waals surface area contributed by atoms with Gasteiger partial charge in [0.2, 0.25) is 0 Å². The Balaban J connectivity index is 1.61. The molecule has 0 bridgehead atoms. The van der Waals surface area contributed by atoms with E-state index in [1.807, 2.05) is 0 Å². The van der Waals surface area contributed by atoms with Crippen molar-refractivity contribution in [3.8, 4) is 0 Å². The molecule has 1 aliphatic carbocycles. The summed E-state index contributed by atoms with van der Waals surface area (Å²) in [6, 6.07) is 4.64. The summed E-state index contributed by atoms with van der Waals surface area (Å²) in [5, 5.41) is 10.1. The van der Waals surface area contributed by atoms with Crippen molar-refractivity contribution in [1.82, 2.24) is 14.8 Å². The minimum absolute atomic E-state index is 0.0118. The zero-order chi connectivity index (χ0) is 25.9. The lowest BCUT2D eigenvalue weighted by Gasteiger charge is -2.15. The van der Waals surface area contributed by atoms with Gasteiger partial charge in [-0.25, -0.2) is 13.4 Å². The highest BCUT2D eigenvalue weighted by Crippen LogP contribution is 2.51. The van der Waals surface area contributed by atoms with Gasteiger partial charge >= 0.3 is 7.60 Å². The van der Waals surface area contributed by atoms with Crippen LogP contribution in [0.3, 0.4) is 0 Å². The van der Waals surface area contributed by atoms with Crippen LogP contribution in [-0.4, -0.2) is 48.6 Å². The Hall–Kier alpha value is -2.11. The lowest BCUT2D eigenvalue weighted by atomic mass is 10.1. The highest BCUT2D eigenvalue weighted by molar-refractivity contribution is 7.90. The Bertz CT molecular complexity index is 1380. The number of thiazole rings is 1. The second-order valence-electron chi connectivity index (χ2n) is 8.84. The van der Waals surface area contributed by atoms with Crippen LogP contribution in [0.2, 0.25) is 0 Å². The summed E-state index contributed by atoms with van der Waals surface area (Å²) in [4.78, 5) is 18.0. The van der Waals surface area contributed by atoms with Gasteiger partial charge in [0.15, 0.2) is 15.0 Å². The van der Waals surface area contributed by atoms with Crippen molar-refractivity contribution in [2.24, 2.45) is 5.92 Å². The van der Waals surface area contributed by atoms with E-state index in [0.717, 1.165) is 31.9 Å². The van der Waals surface area contributed by atoms with E-state index in [4.69, 9.17) is 9.05 Å². The van der Waals surface area contributed by atoms with Crippen LogP contribution in [-0.2, 0) is 36.2 Å². The van der Waals surface area contributed by atoms with Gasteiger partial charge < -0.3 is 9.05 Å². The molecule has 0 unspecified atom stereocenters. The Labute approximate surface area is 214 Å². The minimum atomic E-state index is -3.41. The third kappa shape index (κ3) is 6.23. The monoisotopic (exact) mass is 554 g/mol. The van der Waals surface area contributed by atoms with E-state index in [-0.39, 0.29) is 30.2 Å². The number of rotatable bonds is 11. The molecule has 0 aliphatic heterocycles. The van der Waals surface area contributed by atoms with E-state index in [1.54, 1.807) is 30.0 Å². The van der Waals surface area contributed by atoms with Crippen molar-refractivity contribution in [2.45, 2.75) is 57.1 Å². The fourth-order valence-corrected chi connectivity index (χ4v) is 7.54. The van der Waals surface area contributed by atoms with Crippen molar-refractivity contribution in [2.75, 3.05) is 24.8 Å². The van der Waals surface area contributed by atoms with Gasteiger partial charge in [-0.15, -0.1) is 11.3 Å². The minimum Gasteiger partial charge on any atom is -0.309 e. The van der Waals surface area contributed by atoms with E-state index in [0.29, 0.717) is 39.9 Å². The average Bonchev–Trinajstić information content (AvgIpc) is 3.53. The number of nitrogens with one attached hydrogen (secondary N) is 1. The molecule has 1 aromatic carbocycles. The van der Waals surface area contributed by atoms with Crippen LogP contribution >= 0.6 is 18.9 Å². The molecule has 13 heteroatoms. The Kier molecular flexibility index (Phi) is 8.31. The van der Waals surface area contributed by atoms with E-state index in [9.17, 15) is 17.8 Å². The number of anilines is 1. The highest BCUT2D eigenvalue weighted by atomic mass is 32.2. The zero-order valence-electron chi connectivity index (χ0n) is 20.6. The maximum atomic E-state index is 13.4. The molecular formula is C23H31N4O6PS2. The van der Waals surface area contributed by atoms with Gasteiger partial charge in [0.25, 0.3) is 5.91 Å². The maximum absolute atomic E-state index is 13.4. The van der Waals surface area contributed by atoms with E-state index >= 15 is 0 Å². The normalized spacial score (nSPS) is 15.1. The van der Waals surface area contributed by atoms with Gasteiger partial charge in [-0.3, -0.25) is 19.4 Å². The third-order valence-electron chi connectivity index (χ3n) is 6.04. The predicted molar refractivity (Wildman–Crippen MR) is 139 cm³/mol. The summed E-state index contributed by atoms with van der Waals surface area (Å²) in [5.74, 6) is 0.0271. The molecule has 0 atom stereocenters. The number of hydrogen-bond acceptors (Lipinski definition) is 9. The molecule has 196 valence electrons. The summed E-state index contributed by atoms with van der Waals surface area (Å²) in [7, 11) is -6.73. The Morgan fingerprint density at radius 3 is 2.56 bits per heavy atom. The van der Waals surface area contributed by atoms with Gasteiger partial charge in [-0.1, -0.05) is 12.8 Å². The molecule has 4 rings (SSSR count). The summed E-state index contributed by atoms with van der Waals surface area (Å²) < 4.78 is 49.3. The summed E-state index contributed by atoms with van der Waals surface area (Å²) in [6.45, 7) is 4.58. The van der Waals surface area contributed by atoms with Gasteiger partial charge in [0.05, 0.1) is 35.5 Å². The smallest absolute Gasteiger partial charge is 0.309 e. The van der Waals surface area contributed by atoms with Crippen molar-refractivity contribution in [3.63, 3.8) is 0 Å². The SMILES string of the molecule is CCOP(=O)(Cc1csc(NC(=O)c2c3ccc(S(C)(=O)=O)cc3nn2CC2CCCC2)n1)OCC. The standard InChI is InChI=1S/C23H31N4O6PS2/c1-4-32-34(29,33-5-2)14-17-15-35-23(24-17)25-22(28)21-19-11-10-18(36(3,30)31)12-20(19)26-27(21)13-16-8-6-7-9-16/h10-12,15-16H,4-9,13-14H2,1-3H3,(H,24,25,28). The van der Waals surface area contributed by atoms with Crippen molar-refractivity contribution >= 4 is 50.7 Å². The quantitative estimate of drug-likeness (QED) is 0.324. The molecule has 1 aliphatic rings. The Morgan fingerprint density at radius 2 is 1.92 bits per heavy atom. The van der Waals surface area contributed by atoms with Crippen LogP contribution in [0.1, 0.15) is 55.7 Å². The van der Waals surface area contributed by atoms with Gasteiger partial charge in [-0.05, 0) is 50.8 Å². The number of amides is 1. The van der Waals surface area contributed by atoms with Crippen LogP contribution < -0.4 is 5.32 Å². The molecule has 36 heavy (non-hydrogen) atoms. The molecule has 0 spiro atoms. The summed E-state index contributed by atoms with van der Waals surface area (Å²) in [5.41, 5.74) is 1.32. The van der Waals surface area contributed by atoms with Crippen molar-refractivity contribution in [3.05, 3.63) is 35.0 Å². The van der Waals surface area contributed by atoms with Crippen LogP contribution in [0, 0.1) is 5.92 Å². The molecule has 0 radical (unpaired) electrons. The number of hydrogen-bond donors (Lipinski definition) is 1. The molecule has 1 N–H and O–H groups in total. The van der Waals surface area contributed by atoms with E-state index < -0.39 is 17.4 Å². The fraction of sp³-hybridized carbons (Fsp3) is 0.522. The first-order valence-corrected chi connectivity index (χ1v) is 16.5. The van der Waals surface area contributed by atoms with Crippen LogP contribution in [0.4, 0.5) is 5.13 Å². The highest BCUT2D eigenvalue weighted by Gasteiger charge is 2.27. The van der Waals surface area contributed by atoms with Crippen molar-refractivity contribution < 1.29 is 26.8 Å². The van der Waals surface area contributed by atoms with E-state index in [1.165, 1.54) is 23.5 Å². The van der Waals surface area contributed by atoms with E-state index in [2.05, 4.69) is 15.4 Å². The molecule has 3 aromatic rings. The zero-order valence-corrected chi connectivity index (χ0v) is 23.1. The molecular weight excluding hydrogens is 523 g/mol. The Morgan fingerprint density at radius 1 is 1.22 bits per heavy atom. The second kappa shape index (κ2) is 11.1. The van der Waals surface area contributed by atoms with Crippen LogP contribution in [0.25, 0.3) is 10.9 Å². The lowest BCUT2D eigenvalue weighted by molar-refractivity contribution is 0.101. The first-order chi connectivity index (χ1) is 17.1. The number of sulfone groups is 1. The topological polar surface area (TPSA) is 129 Å². The third-order valence-corrected chi connectivity index (χ3v) is 9.97. The van der Waals surface area contributed by atoms with Crippen LogP contribution in [0.15, 0.2) is 28.5 Å². The predicted octanol–water partition coefficient (Wildman–Crippen LogP) is 5.10. The molecule has 1 amide bonds.